The highest BCUT2D eigenvalue weighted by Gasteiger charge is 2.27. The summed E-state index contributed by atoms with van der Waals surface area (Å²) < 4.78 is 16.2. The van der Waals surface area contributed by atoms with E-state index in [1.807, 2.05) is 12.1 Å². The molecule has 0 aliphatic carbocycles. The van der Waals surface area contributed by atoms with E-state index in [9.17, 15) is 4.79 Å². The largest absolute Gasteiger partial charge is 0.464 e. The summed E-state index contributed by atoms with van der Waals surface area (Å²) in [5, 5.41) is 4.37. The smallest absolute Gasteiger partial charge is 0.332 e. The van der Waals surface area contributed by atoms with Crippen LogP contribution in [0.3, 0.4) is 0 Å². The Balaban J connectivity index is 2.01. The maximum atomic E-state index is 11.4. The Morgan fingerprint density at radius 2 is 2.22 bits per heavy atom. The molecule has 1 aliphatic heterocycles. The number of hydrogen-bond donors (Lipinski definition) is 1. The first-order valence-corrected chi connectivity index (χ1v) is 8.38. The van der Waals surface area contributed by atoms with E-state index < -0.39 is 0 Å². The highest BCUT2D eigenvalue weighted by molar-refractivity contribution is 6.42. The average Bonchev–Trinajstić information content (AvgIpc) is 2.76. The maximum absolute atomic E-state index is 11.4. The van der Waals surface area contributed by atoms with Crippen molar-refractivity contribution >= 4 is 29.2 Å². The van der Waals surface area contributed by atoms with E-state index in [-0.39, 0.29) is 24.6 Å². The summed E-state index contributed by atoms with van der Waals surface area (Å²) in [7, 11) is 0. The van der Waals surface area contributed by atoms with E-state index >= 15 is 0 Å². The monoisotopic (exact) mass is 361 g/mol. The fourth-order valence-electron chi connectivity index (χ4n) is 2.49. The topological polar surface area (TPSA) is 56.8 Å². The second kappa shape index (κ2) is 9.45. The molecule has 1 aromatic carbocycles. The van der Waals surface area contributed by atoms with Gasteiger partial charge in [-0.1, -0.05) is 29.3 Å². The molecule has 0 bridgehead atoms. The molecule has 1 aromatic rings. The minimum atomic E-state index is -0.370. The predicted molar refractivity (Wildman–Crippen MR) is 89.3 cm³/mol. The van der Waals surface area contributed by atoms with Crippen molar-refractivity contribution in [3.8, 4) is 0 Å². The van der Waals surface area contributed by atoms with Crippen molar-refractivity contribution in [2.75, 3.05) is 39.5 Å². The van der Waals surface area contributed by atoms with Crippen LogP contribution in [-0.4, -0.2) is 51.6 Å². The molecule has 0 radical (unpaired) electrons. The molecule has 5 nitrogen and oxygen atoms in total. The van der Waals surface area contributed by atoms with E-state index in [4.69, 9.17) is 37.4 Å². The molecule has 1 aliphatic rings. The van der Waals surface area contributed by atoms with Crippen LogP contribution in [0.15, 0.2) is 18.2 Å². The minimum Gasteiger partial charge on any atom is -0.464 e. The van der Waals surface area contributed by atoms with Crippen molar-refractivity contribution in [2.24, 2.45) is 0 Å². The van der Waals surface area contributed by atoms with Crippen molar-refractivity contribution < 1.29 is 19.0 Å². The predicted octanol–water partition coefficient (Wildman–Crippen LogP) is 2.65. The van der Waals surface area contributed by atoms with Gasteiger partial charge in [-0.15, -0.1) is 0 Å². The Morgan fingerprint density at radius 1 is 1.39 bits per heavy atom. The fraction of sp³-hybridized carbons (Fsp3) is 0.562. The zero-order chi connectivity index (χ0) is 16.7. The number of halogens is 2. The van der Waals surface area contributed by atoms with Crippen molar-refractivity contribution in [1.82, 2.24) is 5.32 Å². The summed E-state index contributed by atoms with van der Waals surface area (Å²) in [6, 6.07) is 5.57. The molecule has 1 heterocycles. The van der Waals surface area contributed by atoms with Crippen molar-refractivity contribution in [2.45, 2.75) is 18.9 Å². The van der Waals surface area contributed by atoms with E-state index in [1.54, 1.807) is 13.0 Å². The van der Waals surface area contributed by atoms with Crippen molar-refractivity contribution in [3.05, 3.63) is 33.8 Å². The summed E-state index contributed by atoms with van der Waals surface area (Å²) >= 11 is 12.1. The van der Waals surface area contributed by atoms with Gasteiger partial charge >= 0.3 is 5.97 Å². The Morgan fingerprint density at radius 3 is 2.96 bits per heavy atom. The number of hydrogen-bond acceptors (Lipinski definition) is 5. The van der Waals surface area contributed by atoms with Gasteiger partial charge < -0.3 is 19.5 Å². The Kier molecular flexibility index (Phi) is 7.59. The minimum absolute atomic E-state index is 0.0643. The van der Waals surface area contributed by atoms with Crippen molar-refractivity contribution in [1.29, 1.82) is 0 Å². The van der Waals surface area contributed by atoms with Crippen LogP contribution in [0, 0.1) is 0 Å². The van der Waals surface area contributed by atoms with Gasteiger partial charge in [-0.05, 0) is 24.6 Å². The van der Waals surface area contributed by atoms with Gasteiger partial charge in [0.25, 0.3) is 0 Å². The van der Waals surface area contributed by atoms with Gasteiger partial charge in [0.1, 0.15) is 6.61 Å². The third-order valence-electron chi connectivity index (χ3n) is 3.60. The number of ether oxygens (including phenoxy) is 3. The lowest BCUT2D eigenvalue weighted by Crippen LogP contribution is -2.31. The van der Waals surface area contributed by atoms with Gasteiger partial charge in [-0.25, -0.2) is 4.79 Å². The van der Waals surface area contributed by atoms with Gasteiger partial charge in [-0.3, -0.25) is 0 Å². The Hall–Kier alpha value is -0.850. The van der Waals surface area contributed by atoms with Gasteiger partial charge in [-0.2, -0.15) is 0 Å². The molecule has 2 rings (SSSR count). The maximum Gasteiger partial charge on any atom is 0.332 e. The lowest BCUT2D eigenvalue weighted by Gasteiger charge is -2.25. The first-order valence-electron chi connectivity index (χ1n) is 7.62. The van der Waals surface area contributed by atoms with Gasteiger partial charge in [0.15, 0.2) is 0 Å². The third-order valence-corrected chi connectivity index (χ3v) is 4.34. The summed E-state index contributed by atoms with van der Waals surface area (Å²) in [5.41, 5.74) is 1.03. The summed E-state index contributed by atoms with van der Waals surface area (Å²) in [4.78, 5) is 11.4. The van der Waals surface area contributed by atoms with Crippen molar-refractivity contribution in [3.63, 3.8) is 0 Å². The molecule has 0 amide bonds. The molecule has 0 unspecified atom stereocenters. The van der Waals surface area contributed by atoms with Crippen LogP contribution in [0.1, 0.15) is 18.4 Å². The summed E-state index contributed by atoms with van der Waals surface area (Å²) in [6.07, 6.45) is -0.170. The van der Waals surface area contributed by atoms with Crippen LogP contribution in [-0.2, 0) is 19.0 Å². The summed E-state index contributed by atoms with van der Waals surface area (Å²) in [5.74, 6) is -0.306. The molecule has 1 fully saturated rings. The second-order valence-electron chi connectivity index (χ2n) is 5.21. The molecule has 0 saturated carbocycles. The highest BCUT2D eigenvalue weighted by atomic mass is 35.5. The lowest BCUT2D eigenvalue weighted by molar-refractivity contribution is -0.150. The molecule has 0 spiro atoms. The Labute approximate surface area is 146 Å². The lowest BCUT2D eigenvalue weighted by atomic mass is 9.93. The number of nitrogens with one attached hydrogen (secondary N) is 1. The number of esters is 1. The zero-order valence-corrected chi connectivity index (χ0v) is 14.5. The van der Waals surface area contributed by atoms with Crippen LogP contribution in [0.5, 0.6) is 0 Å². The van der Waals surface area contributed by atoms with E-state index in [0.29, 0.717) is 29.9 Å². The standard InChI is InChI=1S/C16H21Cl2NO4/c1-2-22-16(20)10-21-9-15-12(8-19-5-6-23-15)11-3-4-13(17)14(18)7-11/h3-4,7,12,15,19H,2,5-6,8-10H2,1H3/t12-,15-/m1/s1. The Bertz CT molecular complexity index is 527. The molecule has 7 heteroatoms. The molecular formula is C16H21Cl2NO4. The molecule has 1 saturated heterocycles. The molecular weight excluding hydrogens is 341 g/mol. The molecule has 23 heavy (non-hydrogen) atoms. The van der Waals surface area contributed by atoms with E-state index in [1.165, 1.54) is 0 Å². The van der Waals surface area contributed by atoms with Crippen LogP contribution in [0.4, 0.5) is 0 Å². The third kappa shape index (κ3) is 5.62. The highest BCUT2D eigenvalue weighted by Crippen LogP contribution is 2.29. The normalized spacial score (nSPS) is 21.7. The zero-order valence-electron chi connectivity index (χ0n) is 13.0. The quantitative estimate of drug-likeness (QED) is 0.789. The van der Waals surface area contributed by atoms with E-state index in [0.717, 1.165) is 18.7 Å². The van der Waals surface area contributed by atoms with Gasteiger partial charge in [0, 0.05) is 19.0 Å². The summed E-state index contributed by atoms with van der Waals surface area (Å²) in [6.45, 7) is 4.44. The number of carbonyl (C=O) groups excluding carboxylic acids is 1. The average molecular weight is 362 g/mol. The van der Waals surface area contributed by atoms with Gasteiger partial charge in [0.2, 0.25) is 0 Å². The molecule has 0 aromatic heterocycles. The fourth-order valence-corrected chi connectivity index (χ4v) is 2.80. The molecule has 1 N–H and O–H groups in total. The van der Waals surface area contributed by atoms with E-state index in [2.05, 4.69) is 5.32 Å². The first kappa shape index (κ1) is 18.5. The molecule has 128 valence electrons. The number of carbonyl (C=O) groups is 1. The van der Waals surface area contributed by atoms with Crippen LogP contribution >= 0.6 is 23.2 Å². The second-order valence-corrected chi connectivity index (χ2v) is 6.03. The SMILES string of the molecule is CCOC(=O)COC[C@H]1OCCNC[C@@H]1c1ccc(Cl)c(Cl)c1. The molecule has 2 atom stereocenters. The number of rotatable bonds is 6. The van der Waals surface area contributed by atoms with Crippen LogP contribution in [0.25, 0.3) is 0 Å². The first-order chi connectivity index (χ1) is 11.1. The van der Waals surface area contributed by atoms with Gasteiger partial charge in [0.05, 0.1) is 36.0 Å². The van der Waals surface area contributed by atoms with Crippen LogP contribution < -0.4 is 5.32 Å². The number of benzene rings is 1. The van der Waals surface area contributed by atoms with Crippen LogP contribution in [0.2, 0.25) is 10.0 Å².